The van der Waals surface area contributed by atoms with Gasteiger partial charge < -0.3 is 10.6 Å². The van der Waals surface area contributed by atoms with Gasteiger partial charge in [0.05, 0.1) is 23.5 Å². The Morgan fingerprint density at radius 3 is 2.00 bits per heavy atom. The zero-order valence-corrected chi connectivity index (χ0v) is 18.3. The average molecular weight is 466 g/mol. The second-order valence-electron chi connectivity index (χ2n) is 7.70. The van der Waals surface area contributed by atoms with Crippen molar-refractivity contribution in [3.63, 3.8) is 0 Å². The second kappa shape index (κ2) is 9.34. The molecule has 1 unspecified atom stereocenters. The molecule has 4 aromatic rings. The third-order valence-corrected chi connectivity index (χ3v) is 5.11. The molecule has 0 spiro atoms. The lowest BCUT2D eigenvalue weighted by molar-refractivity contribution is -0.137. The summed E-state index contributed by atoms with van der Waals surface area (Å²) in [5, 5.41) is 9.94. The third kappa shape index (κ3) is 5.40. The van der Waals surface area contributed by atoms with Crippen molar-refractivity contribution in [2.45, 2.75) is 19.1 Å². The normalized spacial score (nSPS) is 12.3. The molecule has 2 aromatic heterocycles. The number of aryl methyl sites for hydroxylation is 1. The van der Waals surface area contributed by atoms with Crippen LogP contribution in [0.1, 0.15) is 29.7 Å². The minimum Gasteiger partial charge on any atom is -0.345 e. The summed E-state index contributed by atoms with van der Waals surface area (Å²) in [5.74, 6) is 0.139. The molecule has 0 bridgehead atoms. The molecule has 7 nitrogen and oxygen atoms in total. The number of anilines is 2. The predicted octanol–water partition coefficient (Wildman–Crippen LogP) is 4.87. The van der Waals surface area contributed by atoms with Crippen molar-refractivity contribution in [1.29, 1.82) is 0 Å². The van der Waals surface area contributed by atoms with Crippen molar-refractivity contribution in [2.75, 3.05) is 5.32 Å². The Labute approximate surface area is 193 Å². The monoisotopic (exact) mass is 466 g/mol. The minimum atomic E-state index is -4.42. The first-order chi connectivity index (χ1) is 16.2. The molecule has 0 aliphatic carbocycles. The SMILES string of the molecule is CC(=O)NC(c1ccc(-c2cnc(Nc3cnn(C)c3)nc2)cc1)c1ccc(C(F)(F)F)cc1. The van der Waals surface area contributed by atoms with Crippen molar-refractivity contribution in [3.8, 4) is 11.1 Å². The van der Waals surface area contributed by atoms with E-state index in [1.54, 1.807) is 29.5 Å². The number of rotatable bonds is 6. The summed E-state index contributed by atoms with van der Waals surface area (Å²) in [6.07, 6.45) is 2.41. The molecule has 0 aliphatic heterocycles. The molecule has 4 rings (SSSR count). The Hall–Kier alpha value is -4.21. The van der Waals surface area contributed by atoms with E-state index in [0.29, 0.717) is 11.5 Å². The highest BCUT2D eigenvalue weighted by atomic mass is 19.4. The Kier molecular flexibility index (Phi) is 6.31. The van der Waals surface area contributed by atoms with Crippen molar-refractivity contribution >= 4 is 17.5 Å². The first-order valence-corrected chi connectivity index (χ1v) is 10.3. The van der Waals surface area contributed by atoms with E-state index in [9.17, 15) is 18.0 Å². The molecular weight excluding hydrogens is 445 g/mol. The molecule has 34 heavy (non-hydrogen) atoms. The Morgan fingerprint density at radius 2 is 1.50 bits per heavy atom. The van der Waals surface area contributed by atoms with Crippen LogP contribution < -0.4 is 10.6 Å². The van der Waals surface area contributed by atoms with Crippen LogP contribution in [0.2, 0.25) is 0 Å². The molecule has 10 heteroatoms. The van der Waals surface area contributed by atoms with Crippen LogP contribution in [-0.2, 0) is 18.0 Å². The summed E-state index contributed by atoms with van der Waals surface area (Å²) in [7, 11) is 1.81. The average Bonchev–Trinajstić information content (AvgIpc) is 3.22. The number of halogens is 3. The first kappa shape index (κ1) is 23.0. The van der Waals surface area contributed by atoms with Crippen LogP contribution in [-0.4, -0.2) is 25.7 Å². The highest BCUT2D eigenvalue weighted by molar-refractivity contribution is 5.74. The highest BCUT2D eigenvalue weighted by Gasteiger charge is 2.30. The number of hydrogen-bond donors (Lipinski definition) is 2. The van der Waals surface area contributed by atoms with Crippen molar-refractivity contribution in [1.82, 2.24) is 25.1 Å². The number of benzene rings is 2. The smallest absolute Gasteiger partial charge is 0.345 e. The number of aromatic nitrogens is 4. The topological polar surface area (TPSA) is 84.7 Å². The van der Waals surface area contributed by atoms with Crippen LogP contribution >= 0.6 is 0 Å². The summed E-state index contributed by atoms with van der Waals surface area (Å²) in [4.78, 5) is 20.4. The number of carbonyl (C=O) groups is 1. The molecule has 0 saturated carbocycles. The van der Waals surface area contributed by atoms with Gasteiger partial charge in [0.1, 0.15) is 0 Å². The Morgan fingerprint density at radius 1 is 0.912 bits per heavy atom. The predicted molar refractivity (Wildman–Crippen MR) is 121 cm³/mol. The molecule has 0 radical (unpaired) electrons. The van der Waals surface area contributed by atoms with E-state index in [-0.39, 0.29) is 5.91 Å². The minimum absolute atomic E-state index is 0.293. The molecule has 0 aliphatic rings. The summed E-state index contributed by atoms with van der Waals surface area (Å²) >= 11 is 0. The number of carbonyl (C=O) groups excluding carboxylic acids is 1. The second-order valence-corrected chi connectivity index (χ2v) is 7.70. The summed E-state index contributed by atoms with van der Waals surface area (Å²) in [6.45, 7) is 1.36. The maximum Gasteiger partial charge on any atom is 0.416 e. The van der Waals surface area contributed by atoms with Crippen LogP contribution in [0.4, 0.5) is 24.8 Å². The van der Waals surface area contributed by atoms with Crippen LogP contribution in [0, 0.1) is 0 Å². The van der Waals surface area contributed by atoms with Crippen LogP contribution in [0.25, 0.3) is 11.1 Å². The van der Waals surface area contributed by atoms with Gasteiger partial charge in [0.25, 0.3) is 0 Å². The maximum absolute atomic E-state index is 12.9. The van der Waals surface area contributed by atoms with Gasteiger partial charge in [0.15, 0.2) is 0 Å². The van der Waals surface area contributed by atoms with Gasteiger partial charge in [-0.05, 0) is 28.8 Å². The standard InChI is InChI=1S/C24H21F3N6O/c1-15(34)31-22(18-7-9-20(10-8-18)24(25,26)27)17-5-3-16(4-6-17)19-11-28-23(29-12-19)32-21-13-30-33(2)14-21/h3-14,22H,1-2H3,(H,31,34)(H,28,29,32). The summed E-state index contributed by atoms with van der Waals surface area (Å²) in [5.41, 5.74) is 2.95. The first-order valence-electron chi connectivity index (χ1n) is 10.3. The van der Waals surface area contributed by atoms with E-state index in [1.807, 2.05) is 31.3 Å². The summed E-state index contributed by atoms with van der Waals surface area (Å²) < 4.78 is 40.4. The molecule has 174 valence electrons. The van der Waals surface area contributed by atoms with Crippen LogP contribution in [0.3, 0.4) is 0 Å². The van der Waals surface area contributed by atoms with E-state index in [2.05, 4.69) is 25.7 Å². The maximum atomic E-state index is 12.9. The van der Waals surface area contributed by atoms with Gasteiger partial charge in [0, 0.05) is 38.1 Å². The van der Waals surface area contributed by atoms with E-state index in [4.69, 9.17) is 0 Å². The molecule has 2 aromatic carbocycles. The van der Waals surface area contributed by atoms with Gasteiger partial charge >= 0.3 is 6.18 Å². The van der Waals surface area contributed by atoms with E-state index >= 15 is 0 Å². The van der Waals surface area contributed by atoms with Gasteiger partial charge in [0.2, 0.25) is 11.9 Å². The van der Waals surface area contributed by atoms with Crippen molar-refractivity contribution < 1.29 is 18.0 Å². The molecule has 0 saturated heterocycles. The van der Waals surface area contributed by atoms with Gasteiger partial charge in [-0.3, -0.25) is 9.48 Å². The highest BCUT2D eigenvalue weighted by Crippen LogP contribution is 2.31. The zero-order chi connectivity index (χ0) is 24.3. The van der Waals surface area contributed by atoms with Crippen molar-refractivity contribution in [2.24, 2.45) is 7.05 Å². The number of nitrogens with one attached hydrogen (secondary N) is 2. The number of hydrogen-bond acceptors (Lipinski definition) is 5. The fourth-order valence-corrected chi connectivity index (χ4v) is 3.45. The molecule has 2 N–H and O–H groups in total. The number of amides is 1. The van der Waals surface area contributed by atoms with Gasteiger partial charge in [-0.1, -0.05) is 36.4 Å². The third-order valence-electron chi connectivity index (χ3n) is 5.11. The largest absolute Gasteiger partial charge is 0.416 e. The van der Waals surface area contributed by atoms with E-state index in [0.717, 1.165) is 34.5 Å². The lowest BCUT2D eigenvalue weighted by atomic mass is 9.96. The lowest BCUT2D eigenvalue weighted by Gasteiger charge is -2.20. The van der Waals surface area contributed by atoms with E-state index < -0.39 is 17.8 Å². The number of alkyl halides is 3. The van der Waals surface area contributed by atoms with Gasteiger partial charge in [-0.2, -0.15) is 18.3 Å². The Balaban J connectivity index is 1.53. The molecule has 1 atom stereocenters. The molecular formula is C24H21F3N6O. The van der Waals surface area contributed by atoms with Crippen molar-refractivity contribution in [3.05, 3.63) is 90.0 Å². The Bertz CT molecular complexity index is 1270. The van der Waals surface area contributed by atoms with E-state index in [1.165, 1.54) is 19.1 Å². The lowest BCUT2D eigenvalue weighted by Crippen LogP contribution is -2.27. The quantitative estimate of drug-likeness (QED) is 0.424. The van der Waals surface area contributed by atoms with Crippen LogP contribution in [0.15, 0.2) is 73.3 Å². The zero-order valence-electron chi connectivity index (χ0n) is 18.3. The van der Waals surface area contributed by atoms with Gasteiger partial charge in [-0.25, -0.2) is 9.97 Å². The van der Waals surface area contributed by atoms with Crippen LogP contribution in [0.5, 0.6) is 0 Å². The molecule has 1 amide bonds. The molecule has 2 heterocycles. The summed E-state index contributed by atoms with van der Waals surface area (Å²) in [6, 6.07) is 11.5. The van der Waals surface area contributed by atoms with Gasteiger partial charge in [-0.15, -0.1) is 0 Å². The fraction of sp³-hybridized carbons (Fsp3) is 0.167. The number of nitrogens with zero attached hydrogens (tertiary/aromatic N) is 4. The fourth-order valence-electron chi connectivity index (χ4n) is 3.45. The molecule has 0 fully saturated rings.